The van der Waals surface area contributed by atoms with E-state index in [4.69, 9.17) is 10.5 Å². The van der Waals surface area contributed by atoms with Gasteiger partial charge in [0.1, 0.15) is 0 Å². The maximum Gasteiger partial charge on any atom is 0.311 e. The number of nitrogens with two attached hydrogens (primary N) is 1. The highest BCUT2D eigenvalue weighted by Gasteiger charge is 2.29. The Morgan fingerprint density at radius 2 is 2.29 bits per heavy atom. The number of hydrogen-bond donors (Lipinski definition) is 2. The van der Waals surface area contributed by atoms with Crippen LogP contribution in [0.1, 0.15) is 29.6 Å². The van der Waals surface area contributed by atoms with E-state index in [1.807, 2.05) is 0 Å². The first-order valence-electron chi connectivity index (χ1n) is 6.90. The van der Waals surface area contributed by atoms with Crippen molar-refractivity contribution in [1.82, 2.24) is 5.32 Å². The normalized spacial score (nSPS) is 21.0. The number of nitro groups is 1. The van der Waals surface area contributed by atoms with Crippen molar-refractivity contribution in [2.45, 2.75) is 25.3 Å². The molecule has 0 saturated heterocycles. The second-order valence-corrected chi connectivity index (χ2v) is 5.12. The standard InChI is InChI=1S/C14H19N3O4/c1-21-13-10(5-3-7-12(13)17(19)20)14(18)16-11-6-2-4-9(11)8-15/h3,5,7,9,11H,2,4,6,8,15H2,1H3,(H,16,18). The number of methoxy groups -OCH3 is 1. The van der Waals surface area contributed by atoms with Gasteiger partial charge in [0.15, 0.2) is 0 Å². The summed E-state index contributed by atoms with van der Waals surface area (Å²) in [5.74, 6) is -0.109. The third-order valence-electron chi connectivity index (χ3n) is 3.92. The topological polar surface area (TPSA) is 107 Å². The summed E-state index contributed by atoms with van der Waals surface area (Å²) in [6.07, 6.45) is 2.90. The SMILES string of the molecule is COc1c(C(=O)NC2CCCC2CN)cccc1[N+](=O)[O-]. The van der Waals surface area contributed by atoms with Gasteiger partial charge in [0, 0.05) is 12.1 Å². The van der Waals surface area contributed by atoms with Crippen molar-refractivity contribution in [2.75, 3.05) is 13.7 Å². The molecule has 1 aliphatic carbocycles. The molecule has 3 N–H and O–H groups in total. The van der Waals surface area contributed by atoms with E-state index >= 15 is 0 Å². The average molecular weight is 293 g/mol. The fraction of sp³-hybridized carbons (Fsp3) is 0.500. The minimum absolute atomic E-state index is 0.0118. The molecule has 1 aliphatic rings. The van der Waals surface area contributed by atoms with Crippen molar-refractivity contribution in [1.29, 1.82) is 0 Å². The van der Waals surface area contributed by atoms with Crippen LogP contribution >= 0.6 is 0 Å². The Bertz CT molecular complexity index is 547. The summed E-state index contributed by atoms with van der Waals surface area (Å²) < 4.78 is 5.05. The number of rotatable bonds is 5. The van der Waals surface area contributed by atoms with Gasteiger partial charge < -0.3 is 15.8 Å². The van der Waals surface area contributed by atoms with E-state index in [9.17, 15) is 14.9 Å². The number of hydrogen-bond acceptors (Lipinski definition) is 5. The van der Waals surface area contributed by atoms with Crippen molar-refractivity contribution in [2.24, 2.45) is 11.7 Å². The van der Waals surface area contributed by atoms with E-state index in [1.54, 1.807) is 0 Å². The van der Waals surface area contributed by atoms with Gasteiger partial charge in [0.05, 0.1) is 17.6 Å². The van der Waals surface area contributed by atoms with Gasteiger partial charge in [0.25, 0.3) is 5.91 Å². The molecule has 2 rings (SSSR count). The highest BCUT2D eigenvalue weighted by Crippen LogP contribution is 2.31. The molecule has 0 aliphatic heterocycles. The van der Waals surface area contributed by atoms with Gasteiger partial charge in [0.2, 0.25) is 5.75 Å². The van der Waals surface area contributed by atoms with Crippen LogP contribution in [0, 0.1) is 16.0 Å². The van der Waals surface area contributed by atoms with Crippen LogP contribution in [-0.4, -0.2) is 30.5 Å². The second kappa shape index (κ2) is 6.53. The van der Waals surface area contributed by atoms with Crippen LogP contribution < -0.4 is 15.8 Å². The predicted octanol–water partition coefficient (Wildman–Crippen LogP) is 1.46. The fourth-order valence-electron chi connectivity index (χ4n) is 2.82. The van der Waals surface area contributed by atoms with Crippen LogP contribution in [0.15, 0.2) is 18.2 Å². The highest BCUT2D eigenvalue weighted by molar-refractivity contribution is 5.98. The summed E-state index contributed by atoms with van der Waals surface area (Å²) in [4.78, 5) is 22.8. The van der Waals surface area contributed by atoms with E-state index in [0.717, 1.165) is 19.3 Å². The van der Waals surface area contributed by atoms with Crippen LogP contribution in [0.5, 0.6) is 5.75 Å². The largest absolute Gasteiger partial charge is 0.490 e. The lowest BCUT2D eigenvalue weighted by Crippen LogP contribution is -2.40. The molecule has 0 heterocycles. The molecule has 114 valence electrons. The first kappa shape index (κ1) is 15.2. The first-order valence-corrected chi connectivity index (χ1v) is 6.90. The number of para-hydroxylation sites is 1. The maximum atomic E-state index is 12.4. The van der Waals surface area contributed by atoms with Gasteiger partial charge in [-0.1, -0.05) is 12.5 Å². The summed E-state index contributed by atoms with van der Waals surface area (Å²) in [6.45, 7) is 0.525. The van der Waals surface area contributed by atoms with E-state index in [-0.39, 0.29) is 34.9 Å². The molecule has 0 aromatic heterocycles. The quantitative estimate of drug-likeness (QED) is 0.631. The zero-order chi connectivity index (χ0) is 15.4. The summed E-state index contributed by atoms with van der Waals surface area (Å²) >= 11 is 0. The fourth-order valence-corrected chi connectivity index (χ4v) is 2.82. The number of nitrogens with one attached hydrogen (secondary N) is 1. The smallest absolute Gasteiger partial charge is 0.311 e. The number of carbonyl (C=O) groups excluding carboxylic acids is 1. The molecule has 1 amide bonds. The Hall–Kier alpha value is -2.15. The molecule has 7 heteroatoms. The summed E-state index contributed by atoms with van der Waals surface area (Å²) in [7, 11) is 1.32. The van der Waals surface area contributed by atoms with Crippen molar-refractivity contribution < 1.29 is 14.5 Å². The summed E-state index contributed by atoms with van der Waals surface area (Å²) in [5, 5.41) is 13.9. The number of carbonyl (C=O) groups is 1. The Kier molecular flexibility index (Phi) is 4.74. The molecular formula is C14H19N3O4. The maximum absolute atomic E-state index is 12.4. The van der Waals surface area contributed by atoms with Gasteiger partial charge in [-0.2, -0.15) is 0 Å². The molecule has 2 atom stereocenters. The predicted molar refractivity (Wildman–Crippen MR) is 77.3 cm³/mol. The molecular weight excluding hydrogens is 274 g/mol. The minimum Gasteiger partial charge on any atom is -0.490 e. The van der Waals surface area contributed by atoms with E-state index in [0.29, 0.717) is 6.54 Å². The number of ether oxygens (including phenoxy) is 1. The summed E-state index contributed by atoms with van der Waals surface area (Å²) in [5.41, 5.74) is 5.65. The van der Waals surface area contributed by atoms with Gasteiger partial charge >= 0.3 is 5.69 Å². The lowest BCUT2D eigenvalue weighted by molar-refractivity contribution is -0.385. The van der Waals surface area contributed by atoms with Gasteiger partial charge in [-0.3, -0.25) is 14.9 Å². The van der Waals surface area contributed by atoms with Gasteiger partial charge in [-0.25, -0.2) is 0 Å². The van der Waals surface area contributed by atoms with Gasteiger partial charge in [-0.15, -0.1) is 0 Å². The molecule has 0 radical (unpaired) electrons. The zero-order valence-electron chi connectivity index (χ0n) is 11.9. The average Bonchev–Trinajstić information content (AvgIpc) is 2.93. The summed E-state index contributed by atoms with van der Waals surface area (Å²) in [6, 6.07) is 4.33. The number of nitro benzene ring substituents is 1. The third kappa shape index (κ3) is 3.13. The van der Waals surface area contributed by atoms with Crippen molar-refractivity contribution >= 4 is 11.6 Å². The Labute approximate surface area is 122 Å². The molecule has 0 spiro atoms. The molecule has 1 aromatic carbocycles. The van der Waals surface area contributed by atoms with Crippen molar-refractivity contribution in [3.63, 3.8) is 0 Å². The Morgan fingerprint density at radius 3 is 2.90 bits per heavy atom. The lowest BCUT2D eigenvalue weighted by Gasteiger charge is -2.20. The number of nitrogens with zero attached hydrogens (tertiary/aromatic N) is 1. The third-order valence-corrected chi connectivity index (χ3v) is 3.92. The minimum atomic E-state index is -0.562. The molecule has 0 bridgehead atoms. The van der Waals surface area contributed by atoms with Crippen LogP contribution in [0.4, 0.5) is 5.69 Å². The van der Waals surface area contributed by atoms with Crippen molar-refractivity contribution in [3.8, 4) is 5.75 Å². The lowest BCUT2D eigenvalue weighted by atomic mass is 10.0. The molecule has 7 nitrogen and oxygen atoms in total. The van der Waals surface area contributed by atoms with Crippen LogP contribution in [-0.2, 0) is 0 Å². The molecule has 1 fully saturated rings. The zero-order valence-corrected chi connectivity index (χ0v) is 11.9. The highest BCUT2D eigenvalue weighted by atomic mass is 16.6. The molecule has 1 aromatic rings. The van der Waals surface area contributed by atoms with Crippen LogP contribution in [0.3, 0.4) is 0 Å². The van der Waals surface area contributed by atoms with Crippen LogP contribution in [0.25, 0.3) is 0 Å². The van der Waals surface area contributed by atoms with E-state index < -0.39 is 4.92 Å². The van der Waals surface area contributed by atoms with E-state index in [1.165, 1.54) is 25.3 Å². The van der Waals surface area contributed by atoms with Crippen LogP contribution in [0.2, 0.25) is 0 Å². The Balaban J connectivity index is 2.23. The molecule has 2 unspecified atom stereocenters. The van der Waals surface area contributed by atoms with E-state index in [2.05, 4.69) is 5.32 Å². The number of benzene rings is 1. The molecule has 1 saturated carbocycles. The van der Waals surface area contributed by atoms with Gasteiger partial charge in [-0.05, 0) is 31.4 Å². The second-order valence-electron chi connectivity index (χ2n) is 5.12. The molecule has 21 heavy (non-hydrogen) atoms. The first-order chi connectivity index (χ1) is 10.1. The van der Waals surface area contributed by atoms with Crippen molar-refractivity contribution in [3.05, 3.63) is 33.9 Å². The monoisotopic (exact) mass is 293 g/mol. The Morgan fingerprint density at radius 1 is 1.52 bits per heavy atom. The number of amides is 1.